The van der Waals surface area contributed by atoms with Gasteiger partial charge in [-0.2, -0.15) is 0 Å². The number of para-hydroxylation sites is 1. The zero-order valence-corrected chi connectivity index (χ0v) is 24.3. The van der Waals surface area contributed by atoms with Crippen LogP contribution in [0.4, 0.5) is 28.4 Å². The number of hydrogen-bond donors (Lipinski definition) is 1. The smallest absolute Gasteiger partial charge is 0.0462 e. The van der Waals surface area contributed by atoms with Gasteiger partial charge in [0.25, 0.3) is 0 Å². The second-order valence-electron chi connectivity index (χ2n) is 10.8. The van der Waals surface area contributed by atoms with Crippen molar-refractivity contribution in [3.05, 3.63) is 188 Å². The molecule has 2 heteroatoms. The molecule has 0 fully saturated rings. The lowest BCUT2D eigenvalue weighted by atomic mass is 10.0. The molecule has 0 aliphatic carbocycles. The van der Waals surface area contributed by atoms with E-state index in [1.165, 1.54) is 33.4 Å². The van der Waals surface area contributed by atoms with Gasteiger partial charge in [-0.25, -0.2) is 0 Å². The molecule has 1 N–H and O–H groups in total. The molecule has 0 saturated carbocycles. The molecule has 2 nitrogen and oxygen atoms in total. The van der Waals surface area contributed by atoms with E-state index < -0.39 is 0 Å². The van der Waals surface area contributed by atoms with Crippen molar-refractivity contribution in [3.8, 4) is 33.4 Å². The van der Waals surface area contributed by atoms with E-state index in [4.69, 9.17) is 0 Å². The molecule has 0 radical (unpaired) electrons. The summed E-state index contributed by atoms with van der Waals surface area (Å²) in [5.74, 6) is 0. The first-order valence-electron chi connectivity index (χ1n) is 14.9. The Bertz CT molecular complexity index is 1830. The van der Waals surface area contributed by atoms with E-state index >= 15 is 0 Å². The third-order valence-electron chi connectivity index (χ3n) is 7.87. The van der Waals surface area contributed by atoms with Crippen molar-refractivity contribution in [1.29, 1.82) is 0 Å². The summed E-state index contributed by atoms with van der Waals surface area (Å²) in [6.07, 6.45) is 0. The number of hydrogen-bond acceptors (Lipinski definition) is 2. The lowest BCUT2D eigenvalue weighted by Gasteiger charge is -2.26. The Labute approximate surface area is 259 Å². The van der Waals surface area contributed by atoms with Gasteiger partial charge in [-0.1, -0.05) is 127 Å². The summed E-state index contributed by atoms with van der Waals surface area (Å²) in [6.45, 7) is 0. The topological polar surface area (TPSA) is 15.3 Å². The summed E-state index contributed by atoms with van der Waals surface area (Å²) in [5, 5.41) is 3.46. The molecule has 0 aliphatic heterocycles. The Morgan fingerprint density at radius 2 is 0.523 bits per heavy atom. The maximum atomic E-state index is 3.46. The average Bonchev–Trinajstić information content (AvgIpc) is 3.11. The van der Waals surface area contributed by atoms with Crippen molar-refractivity contribution < 1.29 is 0 Å². The van der Waals surface area contributed by atoms with Crippen molar-refractivity contribution in [2.24, 2.45) is 0 Å². The van der Waals surface area contributed by atoms with Crippen molar-refractivity contribution in [2.75, 3.05) is 10.2 Å². The molecule has 0 bridgehead atoms. The van der Waals surface area contributed by atoms with Crippen LogP contribution in [0, 0.1) is 0 Å². The van der Waals surface area contributed by atoms with Gasteiger partial charge in [0, 0.05) is 28.4 Å². The van der Waals surface area contributed by atoms with E-state index in [0.717, 1.165) is 28.4 Å². The van der Waals surface area contributed by atoms with Gasteiger partial charge in [-0.05, 0) is 94.0 Å². The summed E-state index contributed by atoms with van der Waals surface area (Å²) >= 11 is 0. The van der Waals surface area contributed by atoms with E-state index in [1.54, 1.807) is 0 Å². The molecule has 0 aromatic heterocycles. The predicted molar refractivity (Wildman–Crippen MR) is 187 cm³/mol. The zero-order chi connectivity index (χ0) is 29.6. The first-order valence-corrected chi connectivity index (χ1v) is 14.9. The highest BCUT2D eigenvalue weighted by Gasteiger charge is 2.14. The van der Waals surface area contributed by atoms with Crippen LogP contribution in [0.15, 0.2) is 188 Å². The van der Waals surface area contributed by atoms with Gasteiger partial charge in [0.15, 0.2) is 0 Å². The molecule has 0 aliphatic rings. The number of rotatable bonds is 8. The predicted octanol–water partition coefficient (Wildman–Crippen LogP) is 11.9. The monoisotopic (exact) mass is 564 g/mol. The molecule has 7 rings (SSSR count). The molecule has 210 valence electrons. The number of nitrogens with zero attached hydrogens (tertiary/aromatic N) is 1. The average molecular weight is 565 g/mol. The van der Waals surface area contributed by atoms with Gasteiger partial charge in [0.1, 0.15) is 0 Å². The molecule has 0 spiro atoms. The second-order valence-corrected chi connectivity index (χ2v) is 10.8. The number of nitrogens with one attached hydrogen (secondary N) is 1. The van der Waals surface area contributed by atoms with Gasteiger partial charge in [0.2, 0.25) is 0 Å². The Hall–Kier alpha value is -5.86. The minimum absolute atomic E-state index is 1.07. The van der Waals surface area contributed by atoms with Gasteiger partial charge in [-0.15, -0.1) is 0 Å². The van der Waals surface area contributed by atoms with Crippen LogP contribution in [0.1, 0.15) is 0 Å². The van der Waals surface area contributed by atoms with Crippen molar-refractivity contribution >= 4 is 28.4 Å². The highest BCUT2D eigenvalue weighted by Crippen LogP contribution is 2.37. The third-order valence-corrected chi connectivity index (χ3v) is 7.87. The van der Waals surface area contributed by atoms with Crippen LogP contribution < -0.4 is 10.2 Å². The maximum absolute atomic E-state index is 3.46. The van der Waals surface area contributed by atoms with E-state index in [9.17, 15) is 0 Å². The molecule has 0 saturated heterocycles. The normalized spacial score (nSPS) is 10.7. The molecule has 0 heterocycles. The fraction of sp³-hybridized carbons (Fsp3) is 0. The zero-order valence-electron chi connectivity index (χ0n) is 24.3. The SMILES string of the molecule is c1ccc(Nc2ccc(-c3ccc(N(c4ccc(-c5ccccc5)cc4)c4ccc(-c5ccccc5)cc4)cc3)cc2)cc1. The highest BCUT2D eigenvalue weighted by atomic mass is 15.1. The van der Waals surface area contributed by atoms with Crippen molar-refractivity contribution in [3.63, 3.8) is 0 Å². The maximum Gasteiger partial charge on any atom is 0.0462 e. The third kappa shape index (κ3) is 6.01. The fourth-order valence-electron chi connectivity index (χ4n) is 5.55. The van der Waals surface area contributed by atoms with Gasteiger partial charge in [-0.3, -0.25) is 0 Å². The van der Waals surface area contributed by atoms with E-state index in [2.05, 4.69) is 180 Å². The van der Waals surface area contributed by atoms with Crippen LogP contribution in [0.5, 0.6) is 0 Å². The summed E-state index contributed by atoms with van der Waals surface area (Å²) in [7, 11) is 0. The lowest BCUT2D eigenvalue weighted by molar-refractivity contribution is 1.28. The molecular formula is C42H32N2. The van der Waals surface area contributed by atoms with Crippen LogP contribution >= 0.6 is 0 Å². The largest absolute Gasteiger partial charge is 0.356 e. The van der Waals surface area contributed by atoms with Gasteiger partial charge < -0.3 is 10.2 Å². The Morgan fingerprint density at radius 3 is 0.886 bits per heavy atom. The summed E-state index contributed by atoms with van der Waals surface area (Å²) < 4.78 is 0. The summed E-state index contributed by atoms with van der Waals surface area (Å²) in [6, 6.07) is 66.4. The first-order chi connectivity index (χ1) is 21.8. The summed E-state index contributed by atoms with van der Waals surface area (Å²) in [5.41, 5.74) is 12.7. The fourth-order valence-corrected chi connectivity index (χ4v) is 5.55. The minimum Gasteiger partial charge on any atom is -0.356 e. The molecular weight excluding hydrogens is 532 g/mol. The van der Waals surface area contributed by atoms with Crippen LogP contribution in [0.2, 0.25) is 0 Å². The molecule has 44 heavy (non-hydrogen) atoms. The molecule has 0 atom stereocenters. The standard InChI is InChI=1S/C42H32N2/c1-4-10-32(11-5-1)35-18-26-40(27-19-35)44(41-28-20-36(21-29-41)33-12-6-2-7-13-33)42-30-22-37(23-31-42)34-16-24-39(25-17-34)43-38-14-8-3-9-15-38/h1-31,43H. The Kier molecular flexibility index (Phi) is 7.71. The Morgan fingerprint density at radius 1 is 0.250 bits per heavy atom. The van der Waals surface area contributed by atoms with E-state index in [1.807, 2.05) is 18.2 Å². The quantitative estimate of drug-likeness (QED) is 0.197. The number of anilines is 5. The second kappa shape index (κ2) is 12.6. The van der Waals surface area contributed by atoms with Crippen LogP contribution in [0.3, 0.4) is 0 Å². The van der Waals surface area contributed by atoms with Gasteiger partial charge in [0.05, 0.1) is 0 Å². The molecule has 0 amide bonds. The highest BCUT2D eigenvalue weighted by molar-refractivity contribution is 5.81. The lowest BCUT2D eigenvalue weighted by Crippen LogP contribution is -2.09. The first kappa shape index (κ1) is 27.0. The van der Waals surface area contributed by atoms with Crippen LogP contribution in [0.25, 0.3) is 33.4 Å². The molecule has 7 aromatic carbocycles. The van der Waals surface area contributed by atoms with Crippen LogP contribution in [-0.4, -0.2) is 0 Å². The molecule has 7 aromatic rings. The molecule has 0 unspecified atom stereocenters. The van der Waals surface area contributed by atoms with Crippen molar-refractivity contribution in [2.45, 2.75) is 0 Å². The van der Waals surface area contributed by atoms with E-state index in [-0.39, 0.29) is 0 Å². The van der Waals surface area contributed by atoms with Crippen molar-refractivity contribution in [1.82, 2.24) is 0 Å². The Balaban J connectivity index is 1.19. The minimum atomic E-state index is 1.07. The van der Waals surface area contributed by atoms with Gasteiger partial charge >= 0.3 is 0 Å². The summed E-state index contributed by atoms with van der Waals surface area (Å²) in [4.78, 5) is 2.32. The number of benzene rings is 7. The van der Waals surface area contributed by atoms with E-state index in [0.29, 0.717) is 0 Å². The van der Waals surface area contributed by atoms with Crippen LogP contribution in [-0.2, 0) is 0 Å².